The van der Waals surface area contributed by atoms with E-state index in [2.05, 4.69) is 14.7 Å². The van der Waals surface area contributed by atoms with Gasteiger partial charge in [0.2, 0.25) is 5.13 Å². The molecule has 0 spiro atoms. The van der Waals surface area contributed by atoms with Gasteiger partial charge in [0.15, 0.2) is 9.84 Å². The van der Waals surface area contributed by atoms with E-state index in [1.807, 2.05) is 6.92 Å². The van der Waals surface area contributed by atoms with Crippen LogP contribution in [0.5, 0.6) is 5.75 Å². The third-order valence-corrected chi connectivity index (χ3v) is 7.81. The van der Waals surface area contributed by atoms with Gasteiger partial charge >= 0.3 is 0 Å². The van der Waals surface area contributed by atoms with E-state index in [0.29, 0.717) is 35.1 Å². The quantitative estimate of drug-likeness (QED) is 0.455. The summed E-state index contributed by atoms with van der Waals surface area (Å²) < 4.78 is 49.6. The first-order valence-electron chi connectivity index (χ1n) is 10.2. The van der Waals surface area contributed by atoms with Gasteiger partial charge in [0.25, 0.3) is 0 Å². The summed E-state index contributed by atoms with van der Waals surface area (Å²) in [7, 11) is -2.22. The second kappa shape index (κ2) is 10.4. The molecule has 32 heavy (non-hydrogen) atoms. The normalized spacial score (nSPS) is 13.5. The number of methoxy groups -OCH3 is 1. The third-order valence-electron chi connectivity index (χ3n) is 5.14. The molecule has 0 fully saturated rings. The van der Waals surface area contributed by atoms with Crippen molar-refractivity contribution in [2.75, 3.05) is 12.4 Å². The molecule has 1 aromatic heterocycles. The van der Waals surface area contributed by atoms with E-state index in [4.69, 9.17) is 10.5 Å². The minimum Gasteiger partial charge on any atom is -0.497 e. The summed E-state index contributed by atoms with van der Waals surface area (Å²) in [5.41, 5.74) is 7.52. The summed E-state index contributed by atoms with van der Waals surface area (Å²) in [6.07, 6.45) is 1.28. The summed E-state index contributed by atoms with van der Waals surface area (Å²) >= 11 is 1.08. The van der Waals surface area contributed by atoms with E-state index < -0.39 is 15.2 Å². The fourth-order valence-corrected chi connectivity index (χ4v) is 5.48. The molecule has 3 rings (SSSR count). The van der Waals surface area contributed by atoms with Gasteiger partial charge in [-0.3, -0.25) is 0 Å². The summed E-state index contributed by atoms with van der Waals surface area (Å²) in [5.74, 6) is 0.841. The van der Waals surface area contributed by atoms with Gasteiger partial charge in [-0.2, -0.15) is 4.37 Å². The highest BCUT2D eigenvalue weighted by atomic mass is 32.2. The Kier molecular flexibility index (Phi) is 7.81. The number of nitrogens with two attached hydrogens (primary N) is 1. The van der Waals surface area contributed by atoms with Crippen molar-refractivity contribution in [3.05, 3.63) is 65.2 Å². The maximum Gasteiger partial charge on any atom is 0.203 e. The number of anilines is 1. The maximum atomic E-state index is 13.5. The molecule has 10 heteroatoms. The van der Waals surface area contributed by atoms with Gasteiger partial charge in [-0.25, -0.2) is 17.8 Å². The Hall–Kier alpha value is -2.56. The lowest BCUT2D eigenvalue weighted by Crippen LogP contribution is -2.36. The predicted molar refractivity (Wildman–Crippen MR) is 124 cm³/mol. The van der Waals surface area contributed by atoms with Crippen LogP contribution < -0.4 is 15.8 Å². The highest BCUT2D eigenvalue weighted by Crippen LogP contribution is 2.25. The summed E-state index contributed by atoms with van der Waals surface area (Å²) in [6.45, 7) is 3.61. The first kappa shape index (κ1) is 24.1. The van der Waals surface area contributed by atoms with Crippen molar-refractivity contribution in [3.63, 3.8) is 0 Å². The van der Waals surface area contributed by atoms with Crippen LogP contribution in [-0.4, -0.2) is 36.3 Å². The largest absolute Gasteiger partial charge is 0.497 e. The van der Waals surface area contributed by atoms with Crippen molar-refractivity contribution < 1.29 is 17.5 Å². The molecular formula is C22H27FN4O3S2. The Labute approximate surface area is 191 Å². The number of halogens is 1. The Morgan fingerprint density at radius 1 is 1.22 bits per heavy atom. The first-order chi connectivity index (χ1) is 15.2. The zero-order valence-corrected chi connectivity index (χ0v) is 19.8. The minimum absolute atomic E-state index is 0.172. The van der Waals surface area contributed by atoms with Gasteiger partial charge in [-0.1, -0.05) is 19.1 Å². The smallest absolute Gasteiger partial charge is 0.203 e. The molecule has 0 bridgehead atoms. The number of hydrogen-bond acceptors (Lipinski definition) is 8. The Bertz CT molecular complexity index is 1150. The highest BCUT2D eigenvalue weighted by molar-refractivity contribution is 7.92. The van der Waals surface area contributed by atoms with Crippen LogP contribution in [0, 0.1) is 12.7 Å². The van der Waals surface area contributed by atoms with E-state index in [1.54, 1.807) is 31.2 Å². The molecule has 3 N–H and O–H groups in total. The van der Waals surface area contributed by atoms with Gasteiger partial charge in [-0.05, 0) is 61.2 Å². The lowest BCUT2D eigenvalue weighted by atomic mass is 10.1. The predicted octanol–water partition coefficient (Wildman–Crippen LogP) is 3.92. The molecule has 0 radical (unpaired) electrons. The monoisotopic (exact) mass is 478 g/mol. The van der Waals surface area contributed by atoms with Crippen LogP contribution in [0.4, 0.5) is 9.52 Å². The van der Waals surface area contributed by atoms with Gasteiger partial charge in [0.1, 0.15) is 22.8 Å². The molecule has 0 aliphatic heterocycles. The third kappa shape index (κ3) is 5.81. The zero-order chi connectivity index (χ0) is 23.3. The summed E-state index contributed by atoms with van der Waals surface area (Å²) in [6, 6.07) is 10.8. The topological polar surface area (TPSA) is 107 Å². The van der Waals surface area contributed by atoms with Crippen LogP contribution in [-0.2, 0) is 16.3 Å². The van der Waals surface area contributed by atoms with Gasteiger partial charge in [-0.15, -0.1) is 0 Å². The molecule has 1 heterocycles. The molecule has 0 saturated heterocycles. The van der Waals surface area contributed by atoms with E-state index in [0.717, 1.165) is 17.1 Å². The van der Waals surface area contributed by atoms with Crippen LogP contribution in [0.15, 0.2) is 47.4 Å². The molecule has 7 nitrogen and oxygen atoms in total. The molecule has 2 atom stereocenters. The van der Waals surface area contributed by atoms with Crippen LogP contribution in [0.1, 0.15) is 36.7 Å². The molecule has 2 aromatic carbocycles. The Morgan fingerprint density at radius 3 is 2.56 bits per heavy atom. The summed E-state index contributed by atoms with van der Waals surface area (Å²) in [4.78, 5) is 4.61. The number of sulfone groups is 1. The SMILES string of the molecule is CCC(N)CC(Nc1nc(Cc2ccc(F)c(C)c2)ns1)S(=O)(=O)c1ccc(OC)cc1. The van der Waals surface area contributed by atoms with Crippen LogP contribution >= 0.6 is 11.5 Å². The fraction of sp³-hybridized carbons (Fsp3) is 0.364. The van der Waals surface area contributed by atoms with Crippen LogP contribution in [0.2, 0.25) is 0 Å². The second-order valence-corrected chi connectivity index (χ2v) is 10.4. The molecular weight excluding hydrogens is 451 g/mol. The van der Waals surface area contributed by atoms with E-state index >= 15 is 0 Å². The molecule has 0 saturated carbocycles. The van der Waals surface area contributed by atoms with E-state index in [1.165, 1.54) is 25.3 Å². The maximum absolute atomic E-state index is 13.5. The van der Waals surface area contributed by atoms with Crippen LogP contribution in [0.3, 0.4) is 0 Å². The number of aromatic nitrogens is 2. The van der Waals surface area contributed by atoms with Gasteiger partial charge < -0.3 is 15.8 Å². The first-order valence-corrected chi connectivity index (χ1v) is 12.5. The Morgan fingerprint density at radius 2 is 1.94 bits per heavy atom. The summed E-state index contributed by atoms with van der Waals surface area (Å²) in [5, 5.41) is 2.46. The fourth-order valence-electron chi connectivity index (χ4n) is 3.16. The number of nitrogens with one attached hydrogen (secondary N) is 1. The van der Waals surface area contributed by atoms with Gasteiger partial charge in [0.05, 0.1) is 12.0 Å². The molecule has 0 aliphatic carbocycles. The Balaban J connectivity index is 1.81. The number of aryl methyl sites for hydroxylation is 1. The molecule has 0 aliphatic rings. The number of hydrogen-bond donors (Lipinski definition) is 2. The number of nitrogens with zero attached hydrogens (tertiary/aromatic N) is 2. The van der Waals surface area contributed by atoms with Crippen molar-refractivity contribution in [2.45, 2.75) is 49.4 Å². The number of benzene rings is 2. The molecule has 0 amide bonds. The van der Waals surface area contributed by atoms with Crippen molar-refractivity contribution in [1.29, 1.82) is 0 Å². The highest BCUT2D eigenvalue weighted by Gasteiger charge is 2.30. The zero-order valence-electron chi connectivity index (χ0n) is 18.2. The van der Waals surface area contributed by atoms with Crippen molar-refractivity contribution in [3.8, 4) is 5.75 Å². The molecule has 172 valence electrons. The number of ether oxygens (including phenoxy) is 1. The lowest BCUT2D eigenvalue weighted by molar-refractivity contribution is 0.414. The molecule has 2 unspecified atom stereocenters. The minimum atomic E-state index is -3.74. The van der Waals surface area contributed by atoms with Gasteiger partial charge in [0, 0.05) is 24.0 Å². The van der Waals surface area contributed by atoms with Crippen LogP contribution in [0.25, 0.3) is 0 Å². The average molecular weight is 479 g/mol. The van der Waals surface area contributed by atoms with Crippen molar-refractivity contribution >= 4 is 26.5 Å². The van der Waals surface area contributed by atoms with Crippen molar-refractivity contribution in [2.24, 2.45) is 5.73 Å². The number of rotatable bonds is 10. The average Bonchev–Trinajstić information content (AvgIpc) is 3.22. The van der Waals surface area contributed by atoms with E-state index in [-0.39, 0.29) is 23.2 Å². The second-order valence-electron chi connectivity index (χ2n) is 7.53. The molecule has 3 aromatic rings. The van der Waals surface area contributed by atoms with Crippen molar-refractivity contribution in [1.82, 2.24) is 9.36 Å². The van der Waals surface area contributed by atoms with E-state index in [9.17, 15) is 12.8 Å². The standard InChI is InChI=1S/C22H27FN4O3S2/c1-4-16(24)13-21(32(28,29)18-8-6-17(30-3)7-9-18)26-22-25-20(27-31-22)12-15-5-10-19(23)14(2)11-15/h5-11,16,21H,4,12-13,24H2,1-3H3,(H,25,26,27). The lowest BCUT2D eigenvalue weighted by Gasteiger charge is -2.21.